The minimum atomic E-state index is 0.155. The van der Waals surface area contributed by atoms with Crippen molar-refractivity contribution < 1.29 is 4.74 Å². The first-order valence-corrected chi connectivity index (χ1v) is 10.1. The average molecular weight is 341 g/mol. The van der Waals surface area contributed by atoms with E-state index in [4.69, 9.17) is 11.2 Å². The first-order chi connectivity index (χ1) is 11.7. The zero-order chi connectivity index (χ0) is 18.5. The molecule has 5 atom stereocenters. The van der Waals surface area contributed by atoms with Crippen molar-refractivity contribution in [3.8, 4) is 12.3 Å². The molecule has 0 amide bonds. The molecule has 138 valence electrons. The molecule has 25 heavy (non-hydrogen) atoms. The van der Waals surface area contributed by atoms with Crippen molar-refractivity contribution in [1.29, 1.82) is 0 Å². The zero-order valence-corrected chi connectivity index (χ0v) is 17.0. The third-order valence-electron chi connectivity index (χ3n) is 8.34. The molecular formula is C24H36O. The number of ether oxygens (including phenoxy) is 1. The number of hydrogen-bond acceptors (Lipinski definition) is 1. The topological polar surface area (TPSA) is 9.23 Å². The first kappa shape index (κ1) is 18.8. The van der Waals surface area contributed by atoms with Crippen LogP contribution in [0, 0.1) is 40.4 Å². The van der Waals surface area contributed by atoms with Crippen LogP contribution >= 0.6 is 0 Å². The van der Waals surface area contributed by atoms with Gasteiger partial charge in [0.15, 0.2) is 0 Å². The van der Waals surface area contributed by atoms with E-state index in [9.17, 15) is 0 Å². The Bertz CT molecular complexity index is 618. The van der Waals surface area contributed by atoms with Crippen LogP contribution in [0.5, 0.6) is 0 Å². The summed E-state index contributed by atoms with van der Waals surface area (Å²) in [6, 6.07) is 0. The summed E-state index contributed by atoms with van der Waals surface area (Å²) >= 11 is 0. The van der Waals surface area contributed by atoms with E-state index in [0.717, 1.165) is 12.3 Å². The van der Waals surface area contributed by atoms with Crippen molar-refractivity contribution in [2.75, 3.05) is 6.61 Å². The molecule has 0 spiro atoms. The zero-order valence-electron chi connectivity index (χ0n) is 17.0. The second kappa shape index (κ2) is 6.31. The molecule has 0 N–H and O–H groups in total. The molecule has 0 heterocycles. The smallest absolute Gasteiger partial charge is 0.108 e. The highest BCUT2D eigenvalue weighted by molar-refractivity contribution is 5.38. The summed E-state index contributed by atoms with van der Waals surface area (Å²) in [5.74, 6) is 4.12. The van der Waals surface area contributed by atoms with Crippen LogP contribution in [0.2, 0.25) is 0 Å². The fourth-order valence-corrected chi connectivity index (χ4v) is 7.25. The molecule has 1 nitrogen and oxygen atoms in total. The average Bonchev–Trinajstić information content (AvgIpc) is 2.52. The fraction of sp³-hybridized carbons (Fsp3) is 0.750. The van der Waals surface area contributed by atoms with Gasteiger partial charge in [0.2, 0.25) is 0 Å². The van der Waals surface area contributed by atoms with Gasteiger partial charge in [-0.05, 0) is 78.3 Å². The van der Waals surface area contributed by atoms with Gasteiger partial charge in [0, 0.05) is 0 Å². The van der Waals surface area contributed by atoms with E-state index in [1.165, 1.54) is 43.3 Å². The van der Waals surface area contributed by atoms with Crippen molar-refractivity contribution >= 4 is 0 Å². The Morgan fingerprint density at radius 2 is 1.92 bits per heavy atom. The predicted octanol–water partition coefficient (Wildman–Crippen LogP) is 6.16. The molecule has 0 aromatic rings. The second-order valence-corrected chi connectivity index (χ2v) is 9.95. The van der Waals surface area contributed by atoms with Crippen LogP contribution in [-0.4, -0.2) is 12.7 Å². The lowest BCUT2D eigenvalue weighted by atomic mass is 9.40. The molecule has 2 fully saturated rings. The summed E-state index contributed by atoms with van der Waals surface area (Å²) in [5, 5.41) is 0. The highest BCUT2D eigenvalue weighted by Gasteiger charge is 2.60. The number of terminal acetylenes is 1. The van der Waals surface area contributed by atoms with Gasteiger partial charge in [-0.2, -0.15) is 0 Å². The molecule has 0 unspecified atom stereocenters. The molecule has 2 saturated carbocycles. The number of allylic oxidation sites excluding steroid dienone is 2. The molecule has 0 saturated heterocycles. The lowest BCUT2D eigenvalue weighted by molar-refractivity contribution is -0.135. The maximum Gasteiger partial charge on any atom is 0.108 e. The van der Waals surface area contributed by atoms with E-state index in [2.05, 4.69) is 53.2 Å². The molecule has 3 aliphatic rings. The Balaban J connectivity index is 2.06. The van der Waals surface area contributed by atoms with E-state index in [1.54, 1.807) is 0 Å². The van der Waals surface area contributed by atoms with Crippen LogP contribution in [0.4, 0.5) is 0 Å². The van der Waals surface area contributed by atoms with E-state index in [-0.39, 0.29) is 11.5 Å². The molecule has 0 aliphatic heterocycles. The van der Waals surface area contributed by atoms with Crippen molar-refractivity contribution in [2.45, 2.75) is 79.2 Å². The van der Waals surface area contributed by atoms with E-state index >= 15 is 0 Å². The van der Waals surface area contributed by atoms with Gasteiger partial charge in [-0.1, -0.05) is 52.7 Å². The van der Waals surface area contributed by atoms with Gasteiger partial charge in [-0.3, -0.25) is 0 Å². The summed E-state index contributed by atoms with van der Waals surface area (Å²) in [6.45, 7) is 16.9. The molecule has 3 rings (SSSR count). The van der Waals surface area contributed by atoms with Crippen molar-refractivity contribution in [3.63, 3.8) is 0 Å². The van der Waals surface area contributed by atoms with Gasteiger partial charge in [-0.25, -0.2) is 0 Å². The van der Waals surface area contributed by atoms with Crippen LogP contribution < -0.4 is 0 Å². The first-order valence-electron chi connectivity index (χ1n) is 10.1. The third kappa shape index (κ3) is 2.73. The van der Waals surface area contributed by atoms with Crippen LogP contribution in [0.15, 0.2) is 23.8 Å². The second-order valence-electron chi connectivity index (χ2n) is 9.95. The van der Waals surface area contributed by atoms with Gasteiger partial charge < -0.3 is 4.74 Å². The lowest BCUT2D eigenvalue weighted by Crippen LogP contribution is -2.57. The Labute approximate surface area is 155 Å². The maximum absolute atomic E-state index is 6.11. The Kier molecular flexibility index (Phi) is 4.74. The molecule has 0 aromatic heterocycles. The standard InChI is InChI=1S/C24H36O/c1-8-15-25-19-16-21-23(6,18(9-2)17(19)3)14-11-20-22(4,5)12-10-13-24(20,21)7/h1,9,19-21H,2,10-16H2,3-7H3/t19-,20-,21-,23-,24-/m0/s1. The van der Waals surface area contributed by atoms with Gasteiger partial charge in [0.25, 0.3) is 0 Å². The molecule has 3 aliphatic carbocycles. The third-order valence-corrected chi connectivity index (χ3v) is 8.34. The normalized spacial score (nSPS) is 43.0. The van der Waals surface area contributed by atoms with E-state index in [1.807, 2.05) is 0 Å². The van der Waals surface area contributed by atoms with Crippen LogP contribution in [0.25, 0.3) is 0 Å². The van der Waals surface area contributed by atoms with Crippen molar-refractivity contribution in [1.82, 2.24) is 0 Å². The highest BCUT2D eigenvalue weighted by Crippen LogP contribution is 2.68. The summed E-state index contributed by atoms with van der Waals surface area (Å²) in [6.07, 6.45) is 15.6. The molecule has 1 heteroatoms. The quantitative estimate of drug-likeness (QED) is 0.559. The van der Waals surface area contributed by atoms with E-state index < -0.39 is 0 Å². The predicted molar refractivity (Wildman–Crippen MR) is 106 cm³/mol. The molecule has 0 radical (unpaired) electrons. The largest absolute Gasteiger partial charge is 0.361 e. The number of rotatable bonds is 3. The minimum absolute atomic E-state index is 0.155. The minimum Gasteiger partial charge on any atom is -0.361 e. The molecular weight excluding hydrogens is 304 g/mol. The summed E-state index contributed by atoms with van der Waals surface area (Å²) in [5.41, 5.74) is 3.88. The summed E-state index contributed by atoms with van der Waals surface area (Å²) < 4.78 is 6.11. The van der Waals surface area contributed by atoms with Crippen molar-refractivity contribution in [3.05, 3.63) is 23.8 Å². The fourth-order valence-electron chi connectivity index (χ4n) is 7.25. The summed E-state index contributed by atoms with van der Waals surface area (Å²) in [4.78, 5) is 0. The highest BCUT2D eigenvalue weighted by atomic mass is 16.5. The van der Waals surface area contributed by atoms with Gasteiger partial charge >= 0.3 is 0 Å². The monoisotopic (exact) mass is 340 g/mol. The van der Waals surface area contributed by atoms with Gasteiger partial charge in [-0.15, -0.1) is 6.42 Å². The molecule has 0 bridgehead atoms. The SMILES string of the molecule is C#CCO[C@H]1C[C@@H]2[C@@]3(C)CCCC(C)(C)[C@@H]3CC[C@@]2(C)C(C=C)=C1C. The van der Waals surface area contributed by atoms with Gasteiger partial charge in [0.05, 0.1) is 6.10 Å². The molecule has 0 aromatic carbocycles. The number of hydrogen-bond donors (Lipinski definition) is 0. The maximum atomic E-state index is 6.11. The van der Waals surface area contributed by atoms with E-state index in [0.29, 0.717) is 23.4 Å². The Morgan fingerprint density at radius 3 is 2.56 bits per heavy atom. The van der Waals surface area contributed by atoms with Gasteiger partial charge in [0.1, 0.15) is 6.61 Å². The van der Waals surface area contributed by atoms with Crippen LogP contribution in [0.1, 0.15) is 73.1 Å². The van der Waals surface area contributed by atoms with Crippen LogP contribution in [0.3, 0.4) is 0 Å². The number of fused-ring (bicyclic) bond motifs is 3. The van der Waals surface area contributed by atoms with Crippen molar-refractivity contribution in [2.24, 2.45) is 28.1 Å². The summed E-state index contributed by atoms with van der Waals surface area (Å²) in [7, 11) is 0. The Morgan fingerprint density at radius 1 is 1.20 bits per heavy atom. The Hall–Kier alpha value is -1.00. The lowest BCUT2D eigenvalue weighted by Gasteiger charge is -2.65. The van der Waals surface area contributed by atoms with Crippen LogP contribution in [-0.2, 0) is 4.74 Å².